The highest BCUT2D eigenvalue weighted by Gasteiger charge is 2.10. The molecule has 0 spiro atoms. The van der Waals surface area contributed by atoms with Crippen molar-refractivity contribution in [3.8, 4) is 5.75 Å². The second-order valence-electron chi connectivity index (χ2n) is 7.97. The van der Waals surface area contributed by atoms with E-state index >= 15 is 0 Å². The lowest BCUT2D eigenvalue weighted by Gasteiger charge is -2.12. The molecule has 0 bridgehead atoms. The quantitative estimate of drug-likeness (QED) is 0.368. The van der Waals surface area contributed by atoms with E-state index in [0.29, 0.717) is 23.8 Å². The van der Waals surface area contributed by atoms with Crippen LogP contribution in [0.15, 0.2) is 79.0 Å². The van der Waals surface area contributed by atoms with E-state index in [1.165, 1.54) is 5.56 Å². The number of nitrogens with one attached hydrogen (secondary N) is 2. The Labute approximate surface area is 188 Å². The fourth-order valence-electron chi connectivity index (χ4n) is 3.61. The second kappa shape index (κ2) is 9.52. The number of carbonyl (C=O) groups excluding carboxylic acids is 1. The molecule has 32 heavy (non-hydrogen) atoms. The Bertz CT molecular complexity index is 1230. The summed E-state index contributed by atoms with van der Waals surface area (Å²) in [5.74, 6) is 1.76. The molecule has 0 saturated carbocycles. The summed E-state index contributed by atoms with van der Waals surface area (Å²) < 4.78 is 6.02. The van der Waals surface area contributed by atoms with Crippen molar-refractivity contribution >= 4 is 28.2 Å². The first kappa shape index (κ1) is 21.4. The molecule has 0 aliphatic carbocycles. The molecular formula is C27H27N3O2. The van der Waals surface area contributed by atoms with E-state index in [1.807, 2.05) is 67.8 Å². The van der Waals surface area contributed by atoms with Gasteiger partial charge in [0, 0.05) is 35.4 Å². The van der Waals surface area contributed by atoms with E-state index in [4.69, 9.17) is 4.74 Å². The largest absolute Gasteiger partial charge is 0.489 e. The van der Waals surface area contributed by atoms with Gasteiger partial charge in [-0.05, 0) is 47.2 Å². The van der Waals surface area contributed by atoms with Gasteiger partial charge in [-0.25, -0.2) is 4.98 Å². The lowest BCUT2D eigenvalue weighted by atomic mass is 10.0. The molecule has 4 rings (SSSR count). The molecule has 2 N–H and O–H groups in total. The summed E-state index contributed by atoms with van der Waals surface area (Å²) in [6.45, 7) is 4.65. The van der Waals surface area contributed by atoms with Gasteiger partial charge in [-0.3, -0.25) is 4.79 Å². The molecule has 5 nitrogen and oxygen atoms in total. The average Bonchev–Trinajstić information content (AvgIpc) is 2.83. The maximum Gasteiger partial charge on any atom is 0.255 e. The van der Waals surface area contributed by atoms with E-state index in [0.717, 1.165) is 27.8 Å². The zero-order valence-corrected chi connectivity index (χ0v) is 18.6. The Hall–Kier alpha value is -3.86. The van der Waals surface area contributed by atoms with Crippen molar-refractivity contribution in [3.63, 3.8) is 0 Å². The van der Waals surface area contributed by atoms with Gasteiger partial charge >= 0.3 is 0 Å². The number of hydrogen-bond acceptors (Lipinski definition) is 4. The Balaban J connectivity index is 1.47. The Morgan fingerprint density at radius 1 is 0.969 bits per heavy atom. The number of carbonyl (C=O) groups is 1. The van der Waals surface area contributed by atoms with Crippen molar-refractivity contribution in [1.82, 2.24) is 4.98 Å². The zero-order chi connectivity index (χ0) is 22.5. The van der Waals surface area contributed by atoms with Crippen molar-refractivity contribution in [2.75, 3.05) is 17.7 Å². The first-order valence-electron chi connectivity index (χ1n) is 10.7. The number of hydrogen-bond donors (Lipinski definition) is 2. The number of aromatic nitrogens is 1. The van der Waals surface area contributed by atoms with E-state index in [1.54, 1.807) is 12.1 Å². The molecule has 3 aromatic carbocycles. The van der Waals surface area contributed by atoms with Crippen LogP contribution in [-0.4, -0.2) is 17.9 Å². The highest BCUT2D eigenvalue weighted by Crippen LogP contribution is 2.25. The van der Waals surface area contributed by atoms with Crippen LogP contribution < -0.4 is 15.4 Å². The lowest BCUT2D eigenvalue weighted by molar-refractivity contribution is 0.102. The summed E-state index contributed by atoms with van der Waals surface area (Å²) in [6.07, 6.45) is 1.82. The number of nitrogens with zero attached hydrogens (tertiary/aromatic N) is 1. The third kappa shape index (κ3) is 4.72. The van der Waals surface area contributed by atoms with Crippen LogP contribution >= 0.6 is 0 Å². The van der Waals surface area contributed by atoms with Crippen molar-refractivity contribution in [3.05, 3.63) is 95.7 Å². The van der Waals surface area contributed by atoms with E-state index in [2.05, 4.69) is 35.5 Å². The van der Waals surface area contributed by atoms with Crippen LogP contribution in [0.4, 0.5) is 11.5 Å². The number of anilines is 2. The summed E-state index contributed by atoms with van der Waals surface area (Å²) in [5.41, 5.74) is 3.54. The normalized spacial score (nSPS) is 10.9. The Morgan fingerprint density at radius 2 is 1.72 bits per heavy atom. The maximum atomic E-state index is 12.7. The summed E-state index contributed by atoms with van der Waals surface area (Å²) in [7, 11) is 1.86. The van der Waals surface area contributed by atoms with E-state index < -0.39 is 0 Å². The lowest BCUT2D eigenvalue weighted by Crippen LogP contribution is -2.12. The molecule has 0 saturated heterocycles. The van der Waals surface area contributed by atoms with Gasteiger partial charge in [0.05, 0.1) is 0 Å². The number of benzene rings is 3. The minimum atomic E-state index is -0.168. The van der Waals surface area contributed by atoms with Gasteiger partial charge in [-0.15, -0.1) is 0 Å². The van der Waals surface area contributed by atoms with Crippen LogP contribution in [0.1, 0.15) is 41.3 Å². The molecule has 4 aromatic rings. The number of rotatable bonds is 7. The van der Waals surface area contributed by atoms with Gasteiger partial charge < -0.3 is 15.4 Å². The minimum Gasteiger partial charge on any atom is -0.489 e. The van der Waals surface area contributed by atoms with Gasteiger partial charge in [0.15, 0.2) is 0 Å². The molecule has 0 fully saturated rings. The summed E-state index contributed by atoms with van der Waals surface area (Å²) in [5, 5.41) is 8.21. The first-order chi connectivity index (χ1) is 15.5. The van der Waals surface area contributed by atoms with Crippen LogP contribution in [0, 0.1) is 0 Å². The summed E-state index contributed by atoms with van der Waals surface area (Å²) in [4.78, 5) is 17.2. The molecule has 162 valence electrons. The van der Waals surface area contributed by atoms with Gasteiger partial charge in [-0.1, -0.05) is 56.3 Å². The Kier molecular flexibility index (Phi) is 6.36. The highest BCUT2D eigenvalue weighted by atomic mass is 16.5. The minimum absolute atomic E-state index is 0.168. The number of pyridine rings is 1. The van der Waals surface area contributed by atoms with Crippen LogP contribution in [0.2, 0.25) is 0 Å². The zero-order valence-electron chi connectivity index (χ0n) is 18.6. The van der Waals surface area contributed by atoms with Crippen LogP contribution in [0.5, 0.6) is 5.75 Å². The van der Waals surface area contributed by atoms with Crippen molar-refractivity contribution < 1.29 is 9.53 Å². The molecule has 5 heteroatoms. The molecule has 0 atom stereocenters. The molecule has 0 unspecified atom stereocenters. The monoisotopic (exact) mass is 425 g/mol. The molecule has 1 heterocycles. The maximum absolute atomic E-state index is 12.7. The topological polar surface area (TPSA) is 63.3 Å². The van der Waals surface area contributed by atoms with Crippen LogP contribution in [-0.2, 0) is 6.61 Å². The van der Waals surface area contributed by atoms with Gasteiger partial charge in [0.1, 0.15) is 18.2 Å². The SMILES string of the molecule is CNc1ncc(COc2cccc(C(=O)Nc3ccc(C(C)C)cc3)c2)c2ccccc12. The molecule has 0 aliphatic rings. The van der Waals surface area contributed by atoms with Crippen molar-refractivity contribution in [2.24, 2.45) is 0 Å². The third-order valence-corrected chi connectivity index (χ3v) is 5.44. The van der Waals surface area contributed by atoms with Crippen LogP contribution in [0.25, 0.3) is 10.8 Å². The average molecular weight is 426 g/mol. The van der Waals surface area contributed by atoms with Gasteiger partial charge in [0.2, 0.25) is 0 Å². The van der Waals surface area contributed by atoms with E-state index in [-0.39, 0.29) is 5.91 Å². The molecule has 1 amide bonds. The van der Waals surface area contributed by atoms with Crippen molar-refractivity contribution in [2.45, 2.75) is 26.4 Å². The first-order valence-corrected chi connectivity index (χ1v) is 10.7. The van der Waals surface area contributed by atoms with Gasteiger partial charge in [-0.2, -0.15) is 0 Å². The second-order valence-corrected chi connectivity index (χ2v) is 7.97. The number of fused-ring (bicyclic) bond motifs is 1. The molecule has 0 aliphatic heterocycles. The molecule has 1 aromatic heterocycles. The molecule has 0 radical (unpaired) electrons. The summed E-state index contributed by atoms with van der Waals surface area (Å²) in [6, 6.07) is 23.3. The Morgan fingerprint density at radius 3 is 2.44 bits per heavy atom. The van der Waals surface area contributed by atoms with Crippen molar-refractivity contribution in [1.29, 1.82) is 0 Å². The smallest absolute Gasteiger partial charge is 0.255 e. The number of amides is 1. The standard InChI is InChI=1S/C27H27N3O2/c1-18(2)19-11-13-22(14-12-19)30-27(31)20-7-6-8-23(15-20)32-17-21-16-29-26(28-3)25-10-5-4-9-24(21)25/h4-16,18H,17H2,1-3H3,(H,28,29)(H,30,31). The fourth-order valence-corrected chi connectivity index (χ4v) is 3.61. The third-order valence-electron chi connectivity index (χ3n) is 5.44. The predicted octanol–water partition coefficient (Wildman–Crippen LogP) is 6.23. The highest BCUT2D eigenvalue weighted by molar-refractivity contribution is 6.04. The fraction of sp³-hybridized carbons (Fsp3) is 0.185. The van der Waals surface area contributed by atoms with E-state index in [9.17, 15) is 4.79 Å². The summed E-state index contributed by atoms with van der Waals surface area (Å²) >= 11 is 0. The number of ether oxygens (including phenoxy) is 1. The van der Waals surface area contributed by atoms with Crippen LogP contribution in [0.3, 0.4) is 0 Å². The molecular weight excluding hydrogens is 398 g/mol. The van der Waals surface area contributed by atoms with Gasteiger partial charge in [0.25, 0.3) is 5.91 Å². The predicted molar refractivity (Wildman–Crippen MR) is 131 cm³/mol.